The molecule has 29 heavy (non-hydrogen) atoms. The molecule has 0 N–H and O–H groups in total. The standard InChI is InChI=1S/C22H22Cl2N2O3/c1-15-2-4-16(5-3-15)20(27)8-9-21(28)25-10-12-26(13-11-25)22(29)18-7-6-17(23)14-19(18)24/h2-7,14H,8-13H2,1H3. The number of ketones is 1. The number of aryl methyl sites for hydroxylation is 1. The molecule has 0 bridgehead atoms. The lowest BCUT2D eigenvalue weighted by Crippen LogP contribution is -2.50. The molecule has 0 atom stereocenters. The summed E-state index contributed by atoms with van der Waals surface area (Å²) in [5.74, 6) is -0.278. The van der Waals surface area contributed by atoms with Crippen molar-refractivity contribution in [3.05, 3.63) is 69.2 Å². The quantitative estimate of drug-likeness (QED) is 0.663. The molecule has 0 aliphatic carbocycles. The van der Waals surface area contributed by atoms with Crippen LogP contribution in [0.2, 0.25) is 10.0 Å². The molecule has 1 saturated heterocycles. The van der Waals surface area contributed by atoms with Crippen LogP contribution in [0.5, 0.6) is 0 Å². The van der Waals surface area contributed by atoms with Crippen LogP contribution in [0.3, 0.4) is 0 Å². The average molecular weight is 433 g/mol. The number of carbonyl (C=O) groups is 3. The van der Waals surface area contributed by atoms with Crippen molar-refractivity contribution in [2.75, 3.05) is 26.2 Å². The highest BCUT2D eigenvalue weighted by atomic mass is 35.5. The summed E-state index contributed by atoms with van der Waals surface area (Å²) in [6.45, 7) is 3.69. The summed E-state index contributed by atoms with van der Waals surface area (Å²) in [5, 5.41) is 0.790. The second-order valence-electron chi connectivity index (χ2n) is 7.09. The topological polar surface area (TPSA) is 57.7 Å². The Labute approximate surface area is 180 Å². The molecule has 2 amide bonds. The first-order chi connectivity index (χ1) is 13.8. The summed E-state index contributed by atoms with van der Waals surface area (Å²) in [6, 6.07) is 12.1. The minimum atomic E-state index is -0.173. The number of Topliss-reactive ketones (excluding diaryl/α,β-unsaturated/α-hetero) is 1. The predicted octanol–water partition coefficient (Wildman–Crippen LogP) is 4.25. The van der Waals surface area contributed by atoms with Gasteiger partial charge in [-0.2, -0.15) is 0 Å². The molecular weight excluding hydrogens is 411 g/mol. The summed E-state index contributed by atoms with van der Waals surface area (Å²) in [6.07, 6.45) is 0.352. The lowest BCUT2D eigenvalue weighted by molar-refractivity contribution is -0.132. The molecule has 1 aliphatic rings. The summed E-state index contributed by atoms with van der Waals surface area (Å²) in [5.41, 5.74) is 2.11. The van der Waals surface area contributed by atoms with Crippen LogP contribution in [0.25, 0.3) is 0 Å². The van der Waals surface area contributed by atoms with Gasteiger partial charge in [-0.05, 0) is 25.1 Å². The fourth-order valence-electron chi connectivity index (χ4n) is 3.25. The Morgan fingerprint density at radius 3 is 2.10 bits per heavy atom. The Kier molecular flexibility index (Phi) is 6.93. The van der Waals surface area contributed by atoms with Crippen LogP contribution in [0.15, 0.2) is 42.5 Å². The first-order valence-corrected chi connectivity index (χ1v) is 10.2. The zero-order chi connectivity index (χ0) is 21.0. The van der Waals surface area contributed by atoms with Gasteiger partial charge in [0.25, 0.3) is 5.91 Å². The van der Waals surface area contributed by atoms with E-state index in [4.69, 9.17) is 23.2 Å². The first-order valence-electron chi connectivity index (χ1n) is 9.47. The monoisotopic (exact) mass is 432 g/mol. The van der Waals surface area contributed by atoms with E-state index in [1.165, 1.54) is 0 Å². The maximum Gasteiger partial charge on any atom is 0.255 e. The van der Waals surface area contributed by atoms with Gasteiger partial charge in [0.2, 0.25) is 5.91 Å². The lowest BCUT2D eigenvalue weighted by atomic mass is 10.0. The summed E-state index contributed by atoms with van der Waals surface area (Å²) < 4.78 is 0. The number of carbonyl (C=O) groups excluding carboxylic acids is 3. The van der Waals surface area contributed by atoms with Crippen molar-refractivity contribution < 1.29 is 14.4 Å². The largest absolute Gasteiger partial charge is 0.339 e. The molecule has 1 heterocycles. The molecule has 7 heteroatoms. The van der Waals surface area contributed by atoms with Crippen LogP contribution in [-0.2, 0) is 4.79 Å². The Morgan fingerprint density at radius 2 is 1.48 bits per heavy atom. The smallest absolute Gasteiger partial charge is 0.255 e. The summed E-state index contributed by atoms with van der Waals surface area (Å²) in [4.78, 5) is 40.7. The number of rotatable bonds is 5. The molecule has 2 aromatic carbocycles. The molecule has 0 spiro atoms. The van der Waals surface area contributed by atoms with Crippen LogP contribution in [0, 0.1) is 6.92 Å². The van der Waals surface area contributed by atoms with Crippen LogP contribution in [0.1, 0.15) is 39.1 Å². The Morgan fingerprint density at radius 1 is 0.862 bits per heavy atom. The third-order valence-corrected chi connectivity index (χ3v) is 5.57. The van der Waals surface area contributed by atoms with E-state index in [9.17, 15) is 14.4 Å². The number of benzene rings is 2. The van der Waals surface area contributed by atoms with Crippen LogP contribution in [-0.4, -0.2) is 53.6 Å². The maximum atomic E-state index is 12.7. The van der Waals surface area contributed by atoms with E-state index in [-0.39, 0.29) is 30.4 Å². The molecule has 0 saturated carbocycles. The number of halogens is 2. The molecule has 3 rings (SSSR count). The van der Waals surface area contributed by atoms with E-state index in [0.717, 1.165) is 5.56 Å². The Balaban J connectivity index is 1.49. The summed E-state index contributed by atoms with van der Waals surface area (Å²) in [7, 11) is 0. The molecule has 152 valence electrons. The van der Waals surface area contributed by atoms with Gasteiger partial charge in [-0.15, -0.1) is 0 Å². The van der Waals surface area contributed by atoms with Crippen LogP contribution < -0.4 is 0 Å². The van der Waals surface area contributed by atoms with Crippen molar-refractivity contribution in [2.45, 2.75) is 19.8 Å². The third kappa shape index (κ3) is 5.37. The molecule has 5 nitrogen and oxygen atoms in total. The first kappa shape index (κ1) is 21.3. The summed E-state index contributed by atoms with van der Waals surface area (Å²) >= 11 is 12.0. The fraction of sp³-hybridized carbons (Fsp3) is 0.318. The van der Waals surface area contributed by atoms with E-state index >= 15 is 0 Å². The van der Waals surface area contributed by atoms with E-state index in [0.29, 0.717) is 47.4 Å². The van der Waals surface area contributed by atoms with Crippen molar-refractivity contribution in [1.82, 2.24) is 9.80 Å². The number of piperazine rings is 1. The van der Waals surface area contributed by atoms with Gasteiger partial charge in [0.05, 0.1) is 10.6 Å². The van der Waals surface area contributed by atoms with E-state index in [1.54, 1.807) is 40.1 Å². The van der Waals surface area contributed by atoms with Crippen molar-refractivity contribution in [2.24, 2.45) is 0 Å². The van der Waals surface area contributed by atoms with Gasteiger partial charge >= 0.3 is 0 Å². The molecule has 0 unspecified atom stereocenters. The Bertz CT molecular complexity index is 920. The van der Waals surface area contributed by atoms with Gasteiger partial charge in [-0.3, -0.25) is 14.4 Å². The zero-order valence-corrected chi connectivity index (χ0v) is 17.7. The number of amides is 2. The van der Waals surface area contributed by atoms with Crippen LogP contribution >= 0.6 is 23.2 Å². The van der Waals surface area contributed by atoms with Gasteiger partial charge < -0.3 is 9.80 Å². The van der Waals surface area contributed by atoms with Crippen molar-refractivity contribution in [3.8, 4) is 0 Å². The normalized spacial score (nSPS) is 14.0. The van der Waals surface area contributed by atoms with Gasteiger partial charge in [-0.25, -0.2) is 0 Å². The lowest BCUT2D eigenvalue weighted by Gasteiger charge is -2.35. The fourth-order valence-corrected chi connectivity index (χ4v) is 3.74. The van der Waals surface area contributed by atoms with E-state index < -0.39 is 0 Å². The molecule has 0 aromatic heterocycles. The van der Waals surface area contributed by atoms with Gasteiger partial charge in [0.15, 0.2) is 5.78 Å². The number of hydrogen-bond acceptors (Lipinski definition) is 3. The Hall–Kier alpha value is -2.37. The molecular formula is C22H22Cl2N2O3. The second-order valence-corrected chi connectivity index (χ2v) is 7.93. The van der Waals surface area contributed by atoms with E-state index in [2.05, 4.69) is 0 Å². The number of nitrogens with zero attached hydrogens (tertiary/aromatic N) is 2. The minimum absolute atomic E-state index is 0.0375. The van der Waals surface area contributed by atoms with Crippen molar-refractivity contribution in [3.63, 3.8) is 0 Å². The van der Waals surface area contributed by atoms with Gasteiger partial charge in [0.1, 0.15) is 0 Å². The van der Waals surface area contributed by atoms with Crippen LogP contribution in [0.4, 0.5) is 0 Å². The highest BCUT2D eigenvalue weighted by Gasteiger charge is 2.26. The number of hydrogen-bond donors (Lipinski definition) is 0. The third-order valence-electron chi connectivity index (χ3n) is 5.02. The van der Waals surface area contributed by atoms with Crippen molar-refractivity contribution in [1.29, 1.82) is 0 Å². The molecule has 1 aliphatic heterocycles. The SMILES string of the molecule is Cc1ccc(C(=O)CCC(=O)N2CCN(C(=O)c3ccc(Cl)cc3Cl)CC2)cc1. The van der Waals surface area contributed by atoms with Crippen molar-refractivity contribution >= 4 is 40.8 Å². The average Bonchev–Trinajstić information content (AvgIpc) is 2.72. The second kappa shape index (κ2) is 9.42. The minimum Gasteiger partial charge on any atom is -0.339 e. The maximum absolute atomic E-state index is 12.7. The molecule has 0 radical (unpaired) electrons. The highest BCUT2D eigenvalue weighted by molar-refractivity contribution is 6.36. The highest BCUT2D eigenvalue weighted by Crippen LogP contribution is 2.23. The zero-order valence-electron chi connectivity index (χ0n) is 16.2. The molecule has 1 fully saturated rings. The van der Waals surface area contributed by atoms with Gasteiger partial charge in [-0.1, -0.05) is 53.0 Å². The molecule has 2 aromatic rings. The van der Waals surface area contributed by atoms with Gasteiger partial charge in [0, 0.05) is 49.6 Å². The predicted molar refractivity (Wildman–Crippen MR) is 114 cm³/mol. The van der Waals surface area contributed by atoms with E-state index in [1.807, 2.05) is 19.1 Å².